The summed E-state index contributed by atoms with van der Waals surface area (Å²) < 4.78 is 0. The van der Waals surface area contributed by atoms with Crippen molar-refractivity contribution >= 4 is 28.2 Å². The Labute approximate surface area is 143 Å². The Morgan fingerprint density at radius 1 is 1.12 bits per heavy atom. The van der Waals surface area contributed by atoms with Crippen LogP contribution < -0.4 is 11.1 Å². The molecule has 2 heterocycles. The van der Waals surface area contributed by atoms with Gasteiger partial charge >= 0.3 is 0 Å². The fourth-order valence-corrected chi connectivity index (χ4v) is 3.57. The molecule has 5 nitrogen and oxygen atoms in total. The fourth-order valence-electron chi connectivity index (χ4n) is 2.49. The van der Waals surface area contributed by atoms with Crippen molar-refractivity contribution in [2.75, 3.05) is 5.32 Å². The molecule has 0 unspecified atom stereocenters. The maximum Gasteiger partial charge on any atom is 0.257 e. The van der Waals surface area contributed by atoms with Crippen molar-refractivity contribution in [2.45, 2.75) is 6.92 Å². The molecule has 0 saturated heterocycles. The zero-order valence-electron chi connectivity index (χ0n) is 12.9. The van der Waals surface area contributed by atoms with Crippen molar-refractivity contribution in [3.05, 3.63) is 70.9 Å². The normalized spacial score (nSPS) is 10.4. The highest BCUT2D eigenvalue weighted by Gasteiger charge is 2.23. The molecule has 3 aromatic rings. The van der Waals surface area contributed by atoms with E-state index in [1.54, 1.807) is 18.3 Å². The summed E-state index contributed by atoms with van der Waals surface area (Å²) in [4.78, 5) is 29.2. The number of amides is 2. The van der Waals surface area contributed by atoms with E-state index in [-0.39, 0.29) is 5.91 Å². The molecule has 120 valence electrons. The van der Waals surface area contributed by atoms with Crippen LogP contribution in [-0.2, 0) is 0 Å². The van der Waals surface area contributed by atoms with Gasteiger partial charge in [-0.15, -0.1) is 11.3 Å². The van der Waals surface area contributed by atoms with Crippen LogP contribution >= 0.6 is 11.3 Å². The zero-order chi connectivity index (χ0) is 17.1. The number of anilines is 1. The van der Waals surface area contributed by atoms with E-state index < -0.39 is 5.91 Å². The second kappa shape index (κ2) is 6.64. The first-order valence-corrected chi connectivity index (χ1v) is 8.09. The van der Waals surface area contributed by atoms with Crippen LogP contribution in [0.4, 0.5) is 5.00 Å². The van der Waals surface area contributed by atoms with Gasteiger partial charge in [0, 0.05) is 22.8 Å². The molecular formula is C18H15N3O2S. The maximum atomic E-state index is 12.3. The van der Waals surface area contributed by atoms with Crippen LogP contribution in [0.25, 0.3) is 11.1 Å². The van der Waals surface area contributed by atoms with E-state index in [1.165, 1.54) is 17.5 Å². The van der Waals surface area contributed by atoms with Crippen molar-refractivity contribution in [3.63, 3.8) is 0 Å². The smallest absolute Gasteiger partial charge is 0.257 e. The number of aromatic nitrogens is 1. The first kappa shape index (κ1) is 15.9. The van der Waals surface area contributed by atoms with E-state index in [4.69, 9.17) is 5.73 Å². The number of aryl methyl sites for hydroxylation is 1. The number of nitrogens with two attached hydrogens (primary N) is 1. The van der Waals surface area contributed by atoms with Crippen molar-refractivity contribution in [1.82, 2.24) is 4.98 Å². The predicted molar refractivity (Wildman–Crippen MR) is 95.2 cm³/mol. The minimum atomic E-state index is -0.570. The van der Waals surface area contributed by atoms with Crippen LogP contribution in [-0.4, -0.2) is 16.8 Å². The minimum absolute atomic E-state index is 0.327. The third-order valence-corrected chi connectivity index (χ3v) is 4.56. The van der Waals surface area contributed by atoms with Crippen molar-refractivity contribution < 1.29 is 9.59 Å². The Balaban J connectivity index is 2.03. The molecule has 0 atom stereocenters. The number of primary amides is 1. The second-order valence-corrected chi connectivity index (χ2v) is 6.39. The number of carbonyl (C=O) groups excluding carboxylic acids is 2. The molecule has 0 spiro atoms. The molecule has 0 aliphatic heterocycles. The molecule has 0 bridgehead atoms. The number of carbonyl (C=O) groups is 2. The molecular weight excluding hydrogens is 322 g/mol. The van der Waals surface area contributed by atoms with Gasteiger partial charge in [-0.05, 0) is 24.6 Å². The van der Waals surface area contributed by atoms with Crippen LogP contribution in [0.3, 0.4) is 0 Å². The summed E-state index contributed by atoms with van der Waals surface area (Å²) in [6.45, 7) is 1.90. The summed E-state index contributed by atoms with van der Waals surface area (Å²) in [5.41, 5.74) is 7.99. The van der Waals surface area contributed by atoms with E-state index in [0.29, 0.717) is 16.1 Å². The van der Waals surface area contributed by atoms with E-state index in [1.807, 2.05) is 37.3 Å². The third kappa shape index (κ3) is 3.04. The molecule has 3 rings (SSSR count). The van der Waals surface area contributed by atoms with Gasteiger partial charge in [-0.1, -0.05) is 30.3 Å². The average molecular weight is 337 g/mol. The number of hydrogen-bond donors (Lipinski definition) is 2. The molecule has 2 amide bonds. The van der Waals surface area contributed by atoms with Gasteiger partial charge in [-0.2, -0.15) is 0 Å². The Hall–Kier alpha value is -2.99. The first-order valence-electron chi connectivity index (χ1n) is 7.28. The molecule has 6 heteroatoms. The summed E-state index contributed by atoms with van der Waals surface area (Å²) in [5.74, 6) is -0.897. The highest BCUT2D eigenvalue weighted by molar-refractivity contribution is 7.17. The van der Waals surface area contributed by atoms with Gasteiger partial charge in [-0.25, -0.2) is 0 Å². The molecule has 24 heavy (non-hydrogen) atoms. The van der Waals surface area contributed by atoms with Gasteiger partial charge < -0.3 is 11.1 Å². The second-order valence-electron chi connectivity index (χ2n) is 5.16. The quantitative estimate of drug-likeness (QED) is 0.764. The topological polar surface area (TPSA) is 85.1 Å². The number of hydrogen-bond acceptors (Lipinski definition) is 4. The van der Waals surface area contributed by atoms with Gasteiger partial charge in [0.05, 0.1) is 11.1 Å². The van der Waals surface area contributed by atoms with Crippen LogP contribution in [0, 0.1) is 6.92 Å². The largest absolute Gasteiger partial charge is 0.365 e. The number of nitrogens with one attached hydrogen (secondary N) is 1. The molecule has 2 aromatic heterocycles. The maximum absolute atomic E-state index is 12.3. The Bertz CT molecular complexity index is 889. The lowest BCUT2D eigenvalue weighted by molar-refractivity contribution is 0.100. The van der Waals surface area contributed by atoms with Crippen LogP contribution in [0.1, 0.15) is 25.6 Å². The molecule has 0 aliphatic carbocycles. The number of thiophene rings is 1. The lowest BCUT2D eigenvalue weighted by Crippen LogP contribution is -2.17. The SMILES string of the molecule is Cc1sc(NC(=O)c2cccnc2)c(C(N)=O)c1-c1ccccc1. The molecule has 0 saturated carbocycles. The number of benzene rings is 1. The van der Waals surface area contributed by atoms with Crippen molar-refractivity contribution in [3.8, 4) is 11.1 Å². The summed E-state index contributed by atoms with van der Waals surface area (Å²) in [7, 11) is 0. The Morgan fingerprint density at radius 2 is 1.88 bits per heavy atom. The van der Waals surface area contributed by atoms with E-state index in [0.717, 1.165) is 16.0 Å². The van der Waals surface area contributed by atoms with Crippen molar-refractivity contribution in [1.29, 1.82) is 0 Å². The van der Waals surface area contributed by atoms with Gasteiger partial charge in [-0.3, -0.25) is 14.6 Å². The lowest BCUT2D eigenvalue weighted by Gasteiger charge is -2.07. The first-order chi connectivity index (χ1) is 11.6. The monoisotopic (exact) mass is 337 g/mol. The molecule has 3 N–H and O–H groups in total. The molecule has 0 aliphatic rings. The fraction of sp³-hybridized carbons (Fsp3) is 0.0556. The summed E-state index contributed by atoms with van der Waals surface area (Å²) in [6, 6.07) is 12.8. The van der Waals surface area contributed by atoms with Gasteiger partial charge in [0.2, 0.25) is 0 Å². The predicted octanol–water partition coefficient (Wildman–Crippen LogP) is 3.47. The number of rotatable bonds is 4. The standard InChI is InChI=1S/C18H15N3O2S/c1-11-14(12-6-3-2-4-7-12)15(16(19)22)18(24-11)21-17(23)13-8-5-9-20-10-13/h2-10H,1H3,(H2,19,22)(H,21,23). The molecule has 0 radical (unpaired) electrons. The average Bonchev–Trinajstić information content (AvgIpc) is 2.92. The highest BCUT2D eigenvalue weighted by atomic mass is 32.1. The molecule has 0 fully saturated rings. The number of nitrogens with zero attached hydrogens (tertiary/aromatic N) is 1. The summed E-state index contributed by atoms with van der Waals surface area (Å²) in [5, 5.41) is 3.23. The minimum Gasteiger partial charge on any atom is -0.365 e. The zero-order valence-corrected chi connectivity index (χ0v) is 13.8. The highest BCUT2D eigenvalue weighted by Crippen LogP contribution is 2.39. The van der Waals surface area contributed by atoms with E-state index in [2.05, 4.69) is 10.3 Å². The number of pyridine rings is 1. The van der Waals surface area contributed by atoms with Crippen LogP contribution in [0.15, 0.2) is 54.9 Å². The van der Waals surface area contributed by atoms with Crippen LogP contribution in [0.2, 0.25) is 0 Å². The summed E-state index contributed by atoms with van der Waals surface area (Å²) in [6.07, 6.45) is 3.06. The van der Waals surface area contributed by atoms with Crippen LogP contribution in [0.5, 0.6) is 0 Å². The third-order valence-electron chi connectivity index (χ3n) is 3.54. The lowest BCUT2D eigenvalue weighted by atomic mass is 10.0. The van der Waals surface area contributed by atoms with Gasteiger partial charge in [0.1, 0.15) is 5.00 Å². The van der Waals surface area contributed by atoms with E-state index >= 15 is 0 Å². The van der Waals surface area contributed by atoms with Crippen molar-refractivity contribution in [2.24, 2.45) is 5.73 Å². The van der Waals surface area contributed by atoms with E-state index in [9.17, 15) is 9.59 Å². The van der Waals surface area contributed by atoms with Gasteiger partial charge in [0.15, 0.2) is 0 Å². The van der Waals surface area contributed by atoms with Gasteiger partial charge in [0.25, 0.3) is 11.8 Å². The molecule has 1 aromatic carbocycles. The Morgan fingerprint density at radius 3 is 2.50 bits per heavy atom. The summed E-state index contributed by atoms with van der Waals surface area (Å²) >= 11 is 1.33. The Kier molecular flexibility index (Phi) is 4.39.